The smallest absolute Gasteiger partial charge is 0.315 e. The van der Waals surface area contributed by atoms with Gasteiger partial charge in [0.05, 0.1) is 6.54 Å². The van der Waals surface area contributed by atoms with Gasteiger partial charge in [-0.3, -0.25) is 4.79 Å². The van der Waals surface area contributed by atoms with Crippen molar-refractivity contribution in [1.82, 2.24) is 10.2 Å². The van der Waals surface area contributed by atoms with E-state index in [9.17, 15) is 18.4 Å². The SMILES string of the molecule is NC(=O)N1C[C@@H](F)C[C@H]1C(=O)NCc1ccc(F)cc1. The predicted octanol–water partition coefficient (Wildman–Crippen LogP) is 0.933. The van der Waals surface area contributed by atoms with Crippen LogP contribution in [0.3, 0.4) is 0 Å². The van der Waals surface area contributed by atoms with Crippen LogP contribution in [0.25, 0.3) is 0 Å². The lowest BCUT2D eigenvalue weighted by atomic mass is 10.1. The normalized spacial score (nSPS) is 21.8. The number of nitrogens with zero attached hydrogens (tertiary/aromatic N) is 1. The molecule has 0 spiro atoms. The molecule has 20 heavy (non-hydrogen) atoms. The molecule has 1 aliphatic rings. The number of carbonyl (C=O) groups is 2. The van der Waals surface area contributed by atoms with Gasteiger partial charge in [0.2, 0.25) is 5.91 Å². The topological polar surface area (TPSA) is 75.4 Å². The second-order valence-electron chi connectivity index (χ2n) is 4.68. The minimum Gasteiger partial charge on any atom is -0.351 e. The number of carbonyl (C=O) groups excluding carboxylic acids is 2. The molecule has 108 valence electrons. The van der Waals surface area contributed by atoms with E-state index in [0.29, 0.717) is 5.56 Å². The predicted molar refractivity (Wildman–Crippen MR) is 67.8 cm³/mol. The largest absolute Gasteiger partial charge is 0.351 e. The van der Waals surface area contributed by atoms with Crippen molar-refractivity contribution in [3.63, 3.8) is 0 Å². The van der Waals surface area contributed by atoms with Crippen molar-refractivity contribution in [2.75, 3.05) is 6.54 Å². The van der Waals surface area contributed by atoms with Crippen molar-refractivity contribution in [1.29, 1.82) is 0 Å². The molecule has 0 bridgehead atoms. The molecule has 1 aromatic rings. The average molecular weight is 283 g/mol. The Morgan fingerprint density at radius 2 is 2.00 bits per heavy atom. The molecule has 1 heterocycles. The molecular formula is C13H15F2N3O2. The maximum Gasteiger partial charge on any atom is 0.315 e. The summed E-state index contributed by atoms with van der Waals surface area (Å²) >= 11 is 0. The Kier molecular flexibility index (Phi) is 4.16. The first kappa shape index (κ1) is 14.2. The summed E-state index contributed by atoms with van der Waals surface area (Å²) in [5.74, 6) is -0.829. The lowest BCUT2D eigenvalue weighted by Crippen LogP contribution is -2.47. The van der Waals surface area contributed by atoms with Gasteiger partial charge in [-0.05, 0) is 17.7 Å². The van der Waals surface area contributed by atoms with E-state index in [1.807, 2.05) is 0 Å². The van der Waals surface area contributed by atoms with Gasteiger partial charge in [0.15, 0.2) is 0 Å². The molecule has 0 aliphatic carbocycles. The van der Waals surface area contributed by atoms with Crippen LogP contribution >= 0.6 is 0 Å². The third-order valence-electron chi connectivity index (χ3n) is 3.22. The van der Waals surface area contributed by atoms with Crippen molar-refractivity contribution >= 4 is 11.9 Å². The van der Waals surface area contributed by atoms with Crippen molar-refractivity contribution in [2.45, 2.75) is 25.2 Å². The highest BCUT2D eigenvalue weighted by atomic mass is 19.1. The molecule has 1 aromatic carbocycles. The number of hydrogen-bond donors (Lipinski definition) is 2. The van der Waals surface area contributed by atoms with Crippen molar-refractivity contribution in [3.8, 4) is 0 Å². The van der Waals surface area contributed by atoms with Crippen LogP contribution in [-0.4, -0.2) is 35.6 Å². The Bertz CT molecular complexity index is 507. The molecule has 3 amide bonds. The van der Waals surface area contributed by atoms with E-state index < -0.39 is 24.2 Å². The van der Waals surface area contributed by atoms with Gasteiger partial charge in [-0.1, -0.05) is 12.1 Å². The number of nitrogens with one attached hydrogen (secondary N) is 1. The van der Waals surface area contributed by atoms with Crippen LogP contribution in [0.2, 0.25) is 0 Å². The standard InChI is InChI=1S/C13H15F2N3O2/c14-9-3-1-8(2-4-9)6-17-12(19)11-5-10(15)7-18(11)13(16)20/h1-4,10-11H,5-7H2,(H2,16,20)(H,17,19)/t10-,11-/m0/s1. The maximum atomic E-state index is 13.3. The van der Waals surface area contributed by atoms with E-state index in [4.69, 9.17) is 5.73 Å². The molecular weight excluding hydrogens is 268 g/mol. The third kappa shape index (κ3) is 3.23. The summed E-state index contributed by atoms with van der Waals surface area (Å²) < 4.78 is 26.0. The van der Waals surface area contributed by atoms with E-state index in [0.717, 1.165) is 4.90 Å². The second-order valence-corrected chi connectivity index (χ2v) is 4.68. The summed E-state index contributed by atoms with van der Waals surface area (Å²) in [4.78, 5) is 24.1. The highest BCUT2D eigenvalue weighted by Gasteiger charge is 2.38. The Morgan fingerprint density at radius 1 is 1.35 bits per heavy atom. The van der Waals surface area contributed by atoms with Gasteiger partial charge in [-0.25, -0.2) is 13.6 Å². The fourth-order valence-corrected chi connectivity index (χ4v) is 2.19. The number of amides is 3. The fraction of sp³-hybridized carbons (Fsp3) is 0.385. The molecule has 0 unspecified atom stereocenters. The van der Waals surface area contributed by atoms with Crippen LogP contribution in [0.4, 0.5) is 13.6 Å². The zero-order valence-corrected chi connectivity index (χ0v) is 10.7. The lowest BCUT2D eigenvalue weighted by molar-refractivity contribution is -0.124. The highest BCUT2D eigenvalue weighted by Crippen LogP contribution is 2.20. The van der Waals surface area contributed by atoms with E-state index >= 15 is 0 Å². The molecule has 2 rings (SSSR count). The van der Waals surface area contributed by atoms with Crippen molar-refractivity contribution in [2.24, 2.45) is 5.73 Å². The van der Waals surface area contributed by atoms with Gasteiger partial charge >= 0.3 is 6.03 Å². The average Bonchev–Trinajstić information content (AvgIpc) is 2.80. The number of hydrogen-bond acceptors (Lipinski definition) is 2. The Balaban J connectivity index is 1.94. The number of rotatable bonds is 3. The number of alkyl halides is 1. The molecule has 7 heteroatoms. The molecule has 1 saturated heterocycles. The van der Waals surface area contributed by atoms with Crippen molar-refractivity contribution < 1.29 is 18.4 Å². The number of benzene rings is 1. The first-order chi connectivity index (χ1) is 9.47. The molecule has 1 aliphatic heterocycles. The van der Waals surface area contributed by atoms with Gasteiger partial charge in [0.1, 0.15) is 18.0 Å². The van der Waals surface area contributed by atoms with Crippen molar-refractivity contribution in [3.05, 3.63) is 35.6 Å². The summed E-state index contributed by atoms with van der Waals surface area (Å²) in [6.07, 6.45) is -1.30. The zero-order chi connectivity index (χ0) is 14.7. The fourth-order valence-electron chi connectivity index (χ4n) is 2.19. The molecule has 2 atom stereocenters. The summed E-state index contributed by atoms with van der Waals surface area (Å²) in [7, 11) is 0. The molecule has 0 aromatic heterocycles. The molecule has 0 radical (unpaired) electrons. The summed E-state index contributed by atoms with van der Waals surface area (Å²) in [5, 5.41) is 2.59. The molecule has 5 nitrogen and oxygen atoms in total. The Labute approximate surface area is 114 Å². The monoisotopic (exact) mass is 283 g/mol. The van der Waals surface area contributed by atoms with Gasteiger partial charge in [0.25, 0.3) is 0 Å². The first-order valence-electron chi connectivity index (χ1n) is 6.19. The minimum atomic E-state index is -1.25. The molecule has 3 N–H and O–H groups in total. The number of halogens is 2. The third-order valence-corrected chi connectivity index (χ3v) is 3.22. The van der Waals surface area contributed by atoms with E-state index in [1.165, 1.54) is 24.3 Å². The van der Waals surface area contributed by atoms with Crippen LogP contribution in [0.5, 0.6) is 0 Å². The van der Waals surface area contributed by atoms with Gasteiger partial charge in [0, 0.05) is 13.0 Å². The summed E-state index contributed by atoms with van der Waals surface area (Å²) in [5.41, 5.74) is 5.82. The lowest BCUT2D eigenvalue weighted by Gasteiger charge is -2.21. The zero-order valence-electron chi connectivity index (χ0n) is 10.7. The molecule has 0 saturated carbocycles. The Morgan fingerprint density at radius 3 is 2.60 bits per heavy atom. The highest BCUT2D eigenvalue weighted by molar-refractivity contribution is 5.87. The van der Waals surface area contributed by atoms with Crippen LogP contribution in [-0.2, 0) is 11.3 Å². The Hall–Kier alpha value is -2.18. The van der Waals surface area contributed by atoms with E-state index in [-0.39, 0.29) is 25.3 Å². The quantitative estimate of drug-likeness (QED) is 0.866. The van der Waals surface area contributed by atoms with Crippen LogP contribution in [0, 0.1) is 5.82 Å². The maximum absolute atomic E-state index is 13.3. The van der Waals surface area contributed by atoms with Crippen LogP contribution in [0.15, 0.2) is 24.3 Å². The van der Waals surface area contributed by atoms with Gasteiger partial charge in [-0.15, -0.1) is 0 Å². The number of nitrogens with two attached hydrogens (primary N) is 1. The van der Waals surface area contributed by atoms with Crippen LogP contribution in [0.1, 0.15) is 12.0 Å². The second kappa shape index (κ2) is 5.85. The minimum absolute atomic E-state index is 0.0574. The van der Waals surface area contributed by atoms with Crippen LogP contribution < -0.4 is 11.1 Å². The first-order valence-corrected chi connectivity index (χ1v) is 6.19. The summed E-state index contributed by atoms with van der Waals surface area (Å²) in [6.45, 7) is 0.0170. The number of likely N-dealkylation sites (tertiary alicyclic amines) is 1. The van der Waals surface area contributed by atoms with Gasteiger partial charge < -0.3 is 16.0 Å². The van der Waals surface area contributed by atoms with Gasteiger partial charge in [-0.2, -0.15) is 0 Å². The summed E-state index contributed by atoms with van der Waals surface area (Å²) in [6, 6.07) is 3.94. The number of primary amides is 1. The van der Waals surface area contributed by atoms with E-state index in [1.54, 1.807) is 0 Å². The van der Waals surface area contributed by atoms with E-state index in [2.05, 4.69) is 5.32 Å². The number of urea groups is 1. The molecule has 1 fully saturated rings.